The number of carbonyl (C=O) groups excluding carboxylic acids is 2. The van der Waals surface area contributed by atoms with Crippen molar-refractivity contribution in [3.05, 3.63) is 52.8 Å². The number of aromatic amines is 1. The highest BCUT2D eigenvalue weighted by Crippen LogP contribution is 2.33. The highest BCUT2D eigenvalue weighted by atomic mass is 16.5. The van der Waals surface area contributed by atoms with Gasteiger partial charge in [0.15, 0.2) is 5.78 Å². The topological polar surface area (TPSA) is 139 Å². The summed E-state index contributed by atoms with van der Waals surface area (Å²) < 4.78 is 11.6. The van der Waals surface area contributed by atoms with Gasteiger partial charge in [-0.3, -0.25) is 9.59 Å². The second-order valence-electron chi connectivity index (χ2n) is 7.48. The molecule has 0 saturated heterocycles. The normalized spacial score (nSPS) is 10.6. The first-order valence-corrected chi connectivity index (χ1v) is 10.7. The molecule has 1 heterocycles. The molecule has 0 saturated carbocycles. The summed E-state index contributed by atoms with van der Waals surface area (Å²) in [6, 6.07) is 8.70. The van der Waals surface area contributed by atoms with Crippen LogP contribution in [0.15, 0.2) is 30.3 Å². The Balaban J connectivity index is 1.54. The van der Waals surface area contributed by atoms with Crippen LogP contribution in [0.4, 0.5) is 5.69 Å². The predicted molar refractivity (Wildman–Crippen MR) is 121 cm³/mol. The maximum absolute atomic E-state index is 12.2. The number of carbonyl (C=O) groups is 2. The van der Waals surface area contributed by atoms with Crippen molar-refractivity contribution in [2.24, 2.45) is 0 Å². The number of phenolic OH excluding ortho intramolecular Hbond substituents is 1. The SMILES string of the molecule is CCCc1c(OCCCOc2ccc(C)c(NC(=O)c3nnn[nH]3)c2)ccc(C(C)=O)c1O. The fourth-order valence-electron chi connectivity index (χ4n) is 3.22. The lowest BCUT2D eigenvalue weighted by Gasteiger charge is -2.15. The van der Waals surface area contributed by atoms with Crippen LogP contribution in [0, 0.1) is 6.92 Å². The number of aromatic hydroxyl groups is 1. The zero-order chi connectivity index (χ0) is 23.8. The molecule has 174 valence electrons. The van der Waals surface area contributed by atoms with E-state index in [0.717, 1.165) is 12.0 Å². The average molecular weight is 453 g/mol. The van der Waals surface area contributed by atoms with Crippen LogP contribution >= 0.6 is 0 Å². The van der Waals surface area contributed by atoms with Gasteiger partial charge in [-0.1, -0.05) is 19.4 Å². The number of nitrogens with zero attached hydrogens (tertiary/aromatic N) is 3. The number of nitrogens with one attached hydrogen (secondary N) is 2. The van der Waals surface area contributed by atoms with Crippen LogP contribution in [0.1, 0.15) is 58.8 Å². The van der Waals surface area contributed by atoms with Gasteiger partial charge in [-0.05, 0) is 54.5 Å². The molecule has 0 atom stereocenters. The number of ether oxygens (including phenoxy) is 2. The van der Waals surface area contributed by atoms with Crippen LogP contribution in [-0.2, 0) is 6.42 Å². The van der Waals surface area contributed by atoms with Gasteiger partial charge in [0, 0.05) is 23.7 Å². The van der Waals surface area contributed by atoms with E-state index >= 15 is 0 Å². The Morgan fingerprint density at radius 2 is 1.94 bits per heavy atom. The van der Waals surface area contributed by atoms with E-state index in [9.17, 15) is 14.7 Å². The maximum Gasteiger partial charge on any atom is 0.294 e. The molecule has 0 unspecified atom stereocenters. The summed E-state index contributed by atoms with van der Waals surface area (Å²) in [5.74, 6) is 0.547. The second-order valence-corrected chi connectivity index (χ2v) is 7.48. The van der Waals surface area contributed by atoms with Gasteiger partial charge in [-0.25, -0.2) is 5.10 Å². The van der Waals surface area contributed by atoms with E-state index in [2.05, 4.69) is 25.9 Å². The Bertz CT molecular complexity index is 1110. The van der Waals surface area contributed by atoms with Gasteiger partial charge in [-0.2, -0.15) is 0 Å². The molecule has 10 nitrogen and oxygen atoms in total. The summed E-state index contributed by atoms with van der Waals surface area (Å²) in [7, 11) is 0. The Morgan fingerprint density at radius 1 is 1.15 bits per heavy atom. The first-order chi connectivity index (χ1) is 15.9. The number of amides is 1. The van der Waals surface area contributed by atoms with Crippen molar-refractivity contribution in [2.75, 3.05) is 18.5 Å². The number of rotatable bonds is 11. The van der Waals surface area contributed by atoms with Crippen molar-refractivity contribution in [3.8, 4) is 17.2 Å². The van der Waals surface area contributed by atoms with Crippen LogP contribution in [0.3, 0.4) is 0 Å². The van der Waals surface area contributed by atoms with Crippen LogP contribution in [0.5, 0.6) is 17.2 Å². The summed E-state index contributed by atoms with van der Waals surface area (Å²) in [6.45, 7) is 6.06. The molecule has 0 radical (unpaired) electrons. The molecular formula is C23H27N5O5. The van der Waals surface area contributed by atoms with Gasteiger partial charge in [0.2, 0.25) is 5.82 Å². The molecule has 0 spiro atoms. The van der Waals surface area contributed by atoms with Gasteiger partial charge in [0.05, 0.1) is 18.8 Å². The molecule has 1 aromatic heterocycles. The first-order valence-electron chi connectivity index (χ1n) is 10.7. The van der Waals surface area contributed by atoms with E-state index in [1.807, 2.05) is 26.0 Å². The Labute approximate surface area is 191 Å². The highest BCUT2D eigenvalue weighted by molar-refractivity contribution is 6.01. The number of ketones is 1. The number of benzene rings is 2. The lowest BCUT2D eigenvalue weighted by atomic mass is 10.0. The average Bonchev–Trinajstić information content (AvgIpc) is 3.33. The van der Waals surface area contributed by atoms with Crippen LogP contribution in [-0.4, -0.2) is 50.6 Å². The zero-order valence-electron chi connectivity index (χ0n) is 18.8. The van der Waals surface area contributed by atoms with Crippen molar-refractivity contribution in [2.45, 2.75) is 40.0 Å². The zero-order valence-corrected chi connectivity index (χ0v) is 18.8. The third-order valence-electron chi connectivity index (χ3n) is 4.95. The third kappa shape index (κ3) is 6.06. The van der Waals surface area contributed by atoms with E-state index in [1.165, 1.54) is 6.92 Å². The van der Waals surface area contributed by atoms with Crippen molar-refractivity contribution in [3.63, 3.8) is 0 Å². The fraction of sp³-hybridized carbons (Fsp3) is 0.348. The Hall–Kier alpha value is -3.95. The molecule has 3 N–H and O–H groups in total. The molecule has 10 heteroatoms. The van der Waals surface area contributed by atoms with Gasteiger partial charge < -0.3 is 19.9 Å². The monoisotopic (exact) mass is 453 g/mol. The third-order valence-corrected chi connectivity index (χ3v) is 4.95. The largest absolute Gasteiger partial charge is 0.507 e. The number of aryl methyl sites for hydroxylation is 1. The van der Waals surface area contributed by atoms with Crippen molar-refractivity contribution in [1.29, 1.82) is 0 Å². The van der Waals surface area contributed by atoms with Crippen LogP contribution in [0.2, 0.25) is 0 Å². The van der Waals surface area contributed by atoms with Gasteiger partial charge >= 0.3 is 0 Å². The molecule has 33 heavy (non-hydrogen) atoms. The minimum atomic E-state index is -0.449. The number of H-pyrrole nitrogens is 1. The van der Waals surface area contributed by atoms with Gasteiger partial charge in [0.1, 0.15) is 17.2 Å². The summed E-state index contributed by atoms with van der Waals surface area (Å²) in [4.78, 5) is 23.8. The van der Waals surface area contributed by atoms with E-state index < -0.39 is 5.91 Å². The molecule has 0 aliphatic rings. The van der Waals surface area contributed by atoms with E-state index in [4.69, 9.17) is 9.47 Å². The van der Waals surface area contributed by atoms with Crippen LogP contribution in [0.25, 0.3) is 0 Å². The molecular weight excluding hydrogens is 426 g/mol. The minimum Gasteiger partial charge on any atom is -0.507 e. The number of aromatic nitrogens is 4. The highest BCUT2D eigenvalue weighted by Gasteiger charge is 2.16. The molecule has 1 amide bonds. The molecule has 3 aromatic rings. The minimum absolute atomic E-state index is 0.00607. The summed E-state index contributed by atoms with van der Waals surface area (Å²) >= 11 is 0. The lowest BCUT2D eigenvalue weighted by molar-refractivity contribution is 0.100. The van der Waals surface area contributed by atoms with Crippen LogP contribution < -0.4 is 14.8 Å². The van der Waals surface area contributed by atoms with Crippen molar-refractivity contribution >= 4 is 17.4 Å². The van der Waals surface area contributed by atoms with Crippen molar-refractivity contribution in [1.82, 2.24) is 20.6 Å². The number of Topliss-reactive ketones (excluding diaryl/α,β-unsaturated/α-hetero) is 1. The van der Waals surface area contributed by atoms with Crippen molar-refractivity contribution < 1.29 is 24.2 Å². The molecule has 3 rings (SSSR count). The van der Waals surface area contributed by atoms with Gasteiger partial charge in [0.25, 0.3) is 5.91 Å². The summed E-state index contributed by atoms with van der Waals surface area (Å²) in [5, 5.41) is 26.0. The standard InChI is InChI=1S/C23H27N5O5/c1-4-6-18-20(10-9-17(15(3)29)21(18)30)33-12-5-11-32-16-8-7-14(2)19(13-16)24-23(31)22-25-27-28-26-22/h7-10,13,30H,4-6,11-12H2,1-3H3,(H,24,31)(H,25,26,27,28). The molecule has 0 aliphatic heterocycles. The Morgan fingerprint density at radius 3 is 2.64 bits per heavy atom. The summed E-state index contributed by atoms with van der Waals surface area (Å²) in [6.07, 6.45) is 2.02. The quantitative estimate of drug-likeness (QED) is 0.296. The smallest absolute Gasteiger partial charge is 0.294 e. The number of anilines is 1. The number of hydrogen-bond donors (Lipinski definition) is 3. The molecule has 0 bridgehead atoms. The van der Waals surface area contributed by atoms with E-state index in [0.29, 0.717) is 54.4 Å². The predicted octanol–water partition coefficient (Wildman–Crippen LogP) is 3.47. The second kappa shape index (κ2) is 11.1. The lowest BCUT2D eigenvalue weighted by Crippen LogP contribution is -2.15. The number of hydrogen-bond acceptors (Lipinski definition) is 8. The summed E-state index contributed by atoms with van der Waals surface area (Å²) in [5.41, 5.74) is 2.40. The molecule has 0 aliphatic carbocycles. The maximum atomic E-state index is 12.2. The molecule has 0 fully saturated rings. The first kappa shape index (κ1) is 23.7. The number of tetrazole rings is 1. The number of phenols is 1. The van der Waals surface area contributed by atoms with E-state index in [1.54, 1.807) is 18.2 Å². The van der Waals surface area contributed by atoms with Gasteiger partial charge in [-0.15, -0.1) is 5.10 Å². The Kier molecular flexibility index (Phi) is 7.96. The fourth-order valence-corrected chi connectivity index (χ4v) is 3.22. The molecule has 2 aromatic carbocycles. The van der Waals surface area contributed by atoms with E-state index in [-0.39, 0.29) is 17.4 Å².